The van der Waals surface area contributed by atoms with Crippen molar-refractivity contribution in [2.75, 3.05) is 14.2 Å². The van der Waals surface area contributed by atoms with Gasteiger partial charge in [0.05, 0.1) is 23.5 Å². The van der Waals surface area contributed by atoms with Crippen LogP contribution < -0.4 is 15.0 Å². The fraction of sp³-hybridized carbons (Fsp3) is 0.105. The van der Waals surface area contributed by atoms with E-state index < -0.39 is 0 Å². The number of ether oxygens (including phenoxy) is 2. The average Bonchev–Trinajstić information content (AvgIpc) is 2.63. The summed E-state index contributed by atoms with van der Waals surface area (Å²) in [5.41, 5.74) is 0.688. The molecule has 0 saturated heterocycles. The maximum Gasteiger partial charge on any atom is 0.255 e. The van der Waals surface area contributed by atoms with E-state index in [1.807, 2.05) is 54.6 Å². The molecule has 124 valence electrons. The molecule has 2 aromatic carbocycles. The summed E-state index contributed by atoms with van der Waals surface area (Å²) in [5, 5.41) is 0. The summed E-state index contributed by atoms with van der Waals surface area (Å²) in [6.07, 6.45) is 1.72. The number of hydrogen-bond donors (Lipinski definition) is 0. The summed E-state index contributed by atoms with van der Waals surface area (Å²) < 4.78 is 12.9. The Hall–Kier alpha value is -2.28. The van der Waals surface area contributed by atoms with Gasteiger partial charge in [0.15, 0.2) is 0 Å². The lowest BCUT2D eigenvalue weighted by molar-refractivity contribution is 0.412. The molecule has 5 heteroatoms. The van der Waals surface area contributed by atoms with Gasteiger partial charge >= 0.3 is 0 Å². The van der Waals surface area contributed by atoms with E-state index in [-0.39, 0.29) is 5.56 Å². The number of rotatable bonds is 3. The maximum atomic E-state index is 11.6. The van der Waals surface area contributed by atoms with Gasteiger partial charge in [0.25, 0.3) is 5.56 Å². The SMILES string of the molecule is COc1ccccc1-n1ccccc1=O.COc1ccccc1I. The zero-order chi connectivity index (χ0) is 17.4. The fourth-order valence-corrected chi connectivity index (χ4v) is 2.67. The highest BCUT2D eigenvalue weighted by molar-refractivity contribution is 14.1. The Morgan fingerprint density at radius 2 is 1.38 bits per heavy atom. The van der Waals surface area contributed by atoms with Crippen molar-refractivity contribution in [1.29, 1.82) is 0 Å². The summed E-state index contributed by atoms with van der Waals surface area (Å²) in [7, 11) is 3.27. The average molecular weight is 435 g/mol. The number of hydrogen-bond acceptors (Lipinski definition) is 3. The second-order valence-corrected chi connectivity index (χ2v) is 5.88. The van der Waals surface area contributed by atoms with Crippen LogP contribution in [0.5, 0.6) is 11.5 Å². The van der Waals surface area contributed by atoms with Crippen molar-refractivity contribution >= 4 is 22.6 Å². The number of benzene rings is 2. The Morgan fingerprint density at radius 3 is 1.96 bits per heavy atom. The lowest BCUT2D eigenvalue weighted by Crippen LogP contribution is -2.16. The van der Waals surface area contributed by atoms with Gasteiger partial charge in [-0.25, -0.2) is 0 Å². The van der Waals surface area contributed by atoms with Gasteiger partial charge < -0.3 is 9.47 Å². The smallest absolute Gasteiger partial charge is 0.255 e. The van der Waals surface area contributed by atoms with Crippen LogP contribution in [-0.4, -0.2) is 18.8 Å². The van der Waals surface area contributed by atoms with Gasteiger partial charge in [0.1, 0.15) is 11.5 Å². The van der Waals surface area contributed by atoms with E-state index in [2.05, 4.69) is 22.6 Å². The Bertz CT molecular complexity index is 846. The van der Waals surface area contributed by atoms with Gasteiger partial charge in [-0.15, -0.1) is 0 Å². The van der Waals surface area contributed by atoms with Gasteiger partial charge in [-0.3, -0.25) is 9.36 Å². The molecule has 1 heterocycles. The third-order valence-electron chi connectivity index (χ3n) is 3.22. The molecule has 0 N–H and O–H groups in total. The zero-order valence-electron chi connectivity index (χ0n) is 13.5. The standard InChI is InChI=1S/C12H11NO2.C7H7IO/c1-15-11-7-3-2-6-10(11)13-9-5-4-8-12(13)14;1-9-7-5-3-2-4-6(7)8/h2-9H,1H3;2-5H,1H3. The van der Waals surface area contributed by atoms with Gasteiger partial charge in [-0.1, -0.05) is 30.3 Å². The van der Waals surface area contributed by atoms with Crippen molar-refractivity contribution in [3.8, 4) is 17.2 Å². The summed E-state index contributed by atoms with van der Waals surface area (Å²) in [6, 6.07) is 20.4. The Morgan fingerprint density at radius 1 is 0.792 bits per heavy atom. The predicted molar refractivity (Wildman–Crippen MR) is 104 cm³/mol. The number of para-hydroxylation sites is 3. The first kappa shape index (κ1) is 18.1. The van der Waals surface area contributed by atoms with Crippen LogP contribution in [0.3, 0.4) is 0 Å². The van der Waals surface area contributed by atoms with Crippen LogP contribution in [0.4, 0.5) is 0 Å². The molecule has 3 rings (SSSR count). The van der Waals surface area contributed by atoms with E-state index in [1.165, 1.54) is 6.07 Å². The van der Waals surface area contributed by atoms with Gasteiger partial charge in [-0.05, 0) is 52.9 Å². The van der Waals surface area contributed by atoms with Crippen molar-refractivity contribution in [2.45, 2.75) is 0 Å². The van der Waals surface area contributed by atoms with Crippen molar-refractivity contribution < 1.29 is 9.47 Å². The van der Waals surface area contributed by atoms with Crippen LogP contribution in [0.25, 0.3) is 5.69 Å². The maximum absolute atomic E-state index is 11.6. The van der Waals surface area contributed by atoms with Gasteiger partial charge in [0.2, 0.25) is 0 Å². The highest BCUT2D eigenvalue weighted by Crippen LogP contribution is 2.20. The second-order valence-electron chi connectivity index (χ2n) is 4.72. The molecule has 0 radical (unpaired) electrons. The minimum Gasteiger partial charge on any atom is -0.496 e. The predicted octanol–water partition coefficient (Wildman–Crippen LogP) is 4.15. The third kappa shape index (κ3) is 4.61. The third-order valence-corrected chi connectivity index (χ3v) is 4.11. The molecule has 0 spiro atoms. The topological polar surface area (TPSA) is 40.5 Å². The van der Waals surface area contributed by atoms with E-state index in [4.69, 9.17) is 9.47 Å². The molecule has 0 aliphatic rings. The Balaban J connectivity index is 0.000000198. The molecular formula is C19H18INO3. The summed E-state index contributed by atoms with van der Waals surface area (Å²) >= 11 is 2.24. The first-order chi connectivity index (χ1) is 11.7. The first-order valence-electron chi connectivity index (χ1n) is 7.27. The Kier molecular flexibility index (Phi) is 6.87. The normalized spacial score (nSPS) is 9.62. The molecule has 0 bridgehead atoms. The lowest BCUT2D eigenvalue weighted by atomic mass is 10.3. The minimum atomic E-state index is -0.0676. The van der Waals surface area contributed by atoms with E-state index in [0.717, 1.165) is 15.0 Å². The van der Waals surface area contributed by atoms with E-state index in [9.17, 15) is 4.79 Å². The largest absolute Gasteiger partial charge is 0.496 e. The molecule has 0 atom stereocenters. The molecule has 3 aromatic rings. The molecule has 0 aliphatic heterocycles. The number of methoxy groups -OCH3 is 2. The molecule has 0 amide bonds. The summed E-state index contributed by atoms with van der Waals surface area (Å²) in [6.45, 7) is 0. The lowest BCUT2D eigenvalue weighted by Gasteiger charge is -2.09. The molecule has 0 fully saturated rings. The molecule has 0 saturated carbocycles. The van der Waals surface area contributed by atoms with Crippen LogP contribution in [0.1, 0.15) is 0 Å². The Labute approximate surface area is 154 Å². The van der Waals surface area contributed by atoms with E-state index >= 15 is 0 Å². The second kappa shape index (κ2) is 9.12. The van der Waals surface area contributed by atoms with Crippen LogP contribution >= 0.6 is 22.6 Å². The van der Waals surface area contributed by atoms with Crippen LogP contribution in [-0.2, 0) is 0 Å². The molecular weight excluding hydrogens is 417 g/mol. The van der Waals surface area contributed by atoms with Gasteiger partial charge in [0, 0.05) is 12.3 Å². The molecule has 4 nitrogen and oxygen atoms in total. The highest BCUT2D eigenvalue weighted by Gasteiger charge is 2.03. The van der Waals surface area contributed by atoms with Gasteiger partial charge in [-0.2, -0.15) is 0 Å². The number of halogens is 1. The molecule has 0 aliphatic carbocycles. The monoisotopic (exact) mass is 435 g/mol. The summed E-state index contributed by atoms with van der Waals surface area (Å²) in [5.74, 6) is 1.63. The minimum absolute atomic E-state index is 0.0676. The van der Waals surface area contributed by atoms with Crippen LogP contribution in [0.2, 0.25) is 0 Å². The van der Waals surface area contributed by atoms with Crippen molar-refractivity contribution in [1.82, 2.24) is 4.57 Å². The van der Waals surface area contributed by atoms with Crippen LogP contribution in [0, 0.1) is 3.57 Å². The fourth-order valence-electron chi connectivity index (χ4n) is 2.07. The molecule has 0 unspecified atom stereocenters. The number of nitrogens with zero attached hydrogens (tertiary/aromatic N) is 1. The highest BCUT2D eigenvalue weighted by atomic mass is 127. The van der Waals surface area contributed by atoms with Crippen molar-refractivity contribution in [3.63, 3.8) is 0 Å². The van der Waals surface area contributed by atoms with Crippen LogP contribution in [0.15, 0.2) is 77.7 Å². The van der Waals surface area contributed by atoms with Crippen molar-refractivity contribution in [3.05, 3.63) is 86.9 Å². The van der Waals surface area contributed by atoms with E-state index in [1.54, 1.807) is 31.0 Å². The number of pyridine rings is 1. The quantitative estimate of drug-likeness (QED) is 0.581. The molecule has 24 heavy (non-hydrogen) atoms. The summed E-state index contributed by atoms with van der Waals surface area (Å²) in [4.78, 5) is 11.6. The first-order valence-corrected chi connectivity index (χ1v) is 8.35. The molecule has 1 aromatic heterocycles. The van der Waals surface area contributed by atoms with E-state index in [0.29, 0.717) is 5.75 Å². The number of aromatic nitrogens is 1. The van der Waals surface area contributed by atoms with Crippen molar-refractivity contribution in [2.24, 2.45) is 0 Å². The zero-order valence-corrected chi connectivity index (χ0v) is 15.6.